The van der Waals surface area contributed by atoms with E-state index < -0.39 is 6.04 Å². The van der Waals surface area contributed by atoms with Crippen LogP contribution in [0.3, 0.4) is 0 Å². The molecule has 1 aromatic carbocycles. The normalized spacial score (nSPS) is 15.5. The van der Waals surface area contributed by atoms with Gasteiger partial charge in [-0.2, -0.15) is 0 Å². The molecule has 1 atom stereocenters. The number of halogens is 2. The van der Waals surface area contributed by atoms with Crippen LogP contribution in [0.15, 0.2) is 35.7 Å². The van der Waals surface area contributed by atoms with Crippen molar-refractivity contribution in [3.8, 4) is 0 Å². The Kier molecular flexibility index (Phi) is 6.03. The molecule has 0 radical (unpaired) electrons. The monoisotopic (exact) mass is 401 g/mol. The van der Waals surface area contributed by atoms with E-state index in [0.717, 1.165) is 25.1 Å². The molecule has 6 heteroatoms. The maximum atomic E-state index is 12.3. The lowest BCUT2D eigenvalue weighted by molar-refractivity contribution is -0.147. The van der Waals surface area contributed by atoms with Gasteiger partial charge in [0.1, 0.15) is 6.04 Å². The summed E-state index contributed by atoms with van der Waals surface area (Å²) in [5, 5.41) is 2.71. The highest BCUT2D eigenvalue weighted by Gasteiger charge is 2.32. The number of methoxy groups -OCH3 is 1. The van der Waals surface area contributed by atoms with Gasteiger partial charge in [-0.25, -0.2) is 4.79 Å². The zero-order valence-electron chi connectivity index (χ0n) is 12.1. The third-order valence-corrected chi connectivity index (χ3v) is 5.13. The fourth-order valence-corrected chi connectivity index (χ4v) is 3.96. The van der Waals surface area contributed by atoms with Gasteiger partial charge < -0.3 is 4.74 Å². The van der Waals surface area contributed by atoms with Gasteiger partial charge in [-0.1, -0.05) is 29.8 Å². The van der Waals surface area contributed by atoms with E-state index in [1.54, 1.807) is 11.3 Å². The average Bonchev–Trinajstić information content (AvgIpc) is 2.97. The summed E-state index contributed by atoms with van der Waals surface area (Å²) in [5.41, 5.74) is 2.20. The summed E-state index contributed by atoms with van der Waals surface area (Å²) in [7, 11) is 1.42. The van der Waals surface area contributed by atoms with Crippen LogP contribution in [-0.2, 0) is 22.5 Å². The van der Waals surface area contributed by atoms with E-state index in [0.29, 0.717) is 5.02 Å². The van der Waals surface area contributed by atoms with Crippen molar-refractivity contribution in [2.24, 2.45) is 0 Å². The van der Waals surface area contributed by atoms with Gasteiger partial charge in [-0.3, -0.25) is 4.90 Å². The molecule has 0 aliphatic carbocycles. The summed E-state index contributed by atoms with van der Waals surface area (Å²) in [4.78, 5) is 15.8. The predicted molar refractivity (Wildman–Crippen MR) is 95.0 cm³/mol. The van der Waals surface area contributed by atoms with Crippen LogP contribution in [0.1, 0.15) is 22.0 Å². The van der Waals surface area contributed by atoms with E-state index in [1.165, 1.54) is 17.6 Å². The molecule has 118 valence electrons. The van der Waals surface area contributed by atoms with Crippen LogP contribution in [0.5, 0.6) is 0 Å². The van der Waals surface area contributed by atoms with E-state index in [2.05, 4.69) is 16.3 Å². The molecule has 1 aliphatic heterocycles. The van der Waals surface area contributed by atoms with Gasteiger partial charge in [0.05, 0.1) is 7.11 Å². The summed E-state index contributed by atoms with van der Waals surface area (Å²) in [6, 6.07) is 9.20. The lowest BCUT2D eigenvalue weighted by Crippen LogP contribution is -2.38. The summed E-state index contributed by atoms with van der Waals surface area (Å²) < 4.78 is 5.01. The van der Waals surface area contributed by atoms with Gasteiger partial charge in [0, 0.05) is 23.0 Å². The first-order chi connectivity index (χ1) is 10.2. The molecule has 22 heavy (non-hydrogen) atoms. The first-order valence-corrected chi connectivity index (χ1v) is 8.08. The molecule has 0 spiro atoms. The summed E-state index contributed by atoms with van der Waals surface area (Å²) >= 11 is 8.02. The fourth-order valence-electron chi connectivity index (χ4n) is 2.76. The van der Waals surface area contributed by atoms with Crippen LogP contribution in [-0.4, -0.2) is 24.5 Å². The van der Waals surface area contributed by atoms with Gasteiger partial charge in [-0.05, 0) is 35.1 Å². The Hall–Kier alpha value is -0.880. The number of esters is 1. The van der Waals surface area contributed by atoms with Crippen molar-refractivity contribution in [3.05, 3.63) is 56.7 Å². The van der Waals surface area contributed by atoms with Crippen LogP contribution >= 0.6 is 39.9 Å². The minimum absolute atomic E-state index is 0. The van der Waals surface area contributed by atoms with Crippen LogP contribution < -0.4 is 0 Å². The van der Waals surface area contributed by atoms with Crippen molar-refractivity contribution >= 4 is 45.9 Å². The minimum atomic E-state index is -0.445. The Bertz CT molecular complexity index is 661. The highest BCUT2D eigenvalue weighted by Crippen LogP contribution is 2.34. The molecule has 3 nitrogen and oxygen atoms in total. The molecule has 1 aliphatic rings. The lowest BCUT2D eigenvalue weighted by Gasteiger charge is -2.33. The Labute approximate surface area is 149 Å². The zero-order chi connectivity index (χ0) is 14.8. The van der Waals surface area contributed by atoms with Crippen LogP contribution in [0.25, 0.3) is 0 Å². The number of carbonyl (C=O) groups is 1. The standard InChI is InChI=1S/C16H16ClNO2S.BrH/c1-20-16(19)15(12-4-2-3-5-13(12)17)18-8-6-11-7-9-21-14(11)10-18;/h2-5,7,9,15H,6,8,10H2,1H3;1H. The molecule has 0 fully saturated rings. The molecule has 1 aromatic heterocycles. The van der Waals surface area contributed by atoms with Gasteiger partial charge in [0.15, 0.2) is 0 Å². The van der Waals surface area contributed by atoms with E-state index in [-0.39, 0.29) is 23.0 Å². The first-order valence-electron chi connectivity index (χ1n) is 6.82. The van der Waals surface area contributed by atoms with E-state index in [4.69, 9.17) is 16.3 Å². The van der Waals surface area contributed by atoms with E-state index in [1.807, 2.05) is 24.3 Å². The number of hydrogen-bond acceptors (Lipinski definition) is 4. The van der Waals surface area contributed by atoms with Crippen molar-refractivity contribution < 1.29 is 9.53 Å². The summed E-state index contributed by atoms with van der Waals surface area (Å²) in [6.45, 7) is 1.59. The smallest absolute Gasteiger partial charge is 0.327 e. The molecule has 0 amide bonds. The van der Waals surface area contributed by atoms with E-state index in [9.17, 15) is 4.79 Å². The van der Waals surface area contributed by atoms with Crippen molar-refractivity contribution in [1.29, 1.82) is 0 Å². The van der Waals surface area contributed by atoms with Crippen molar-refractivity contribution in [1.82, 2.24) is 4.90 Å². The quantitative estimate of drug-likeness (QED) is 0.719. The Morgan fingerprint density at radius 2 is 2.14 bits per heavy atom. The van der Waals surface area contributed by atoms with Gasteiger partial charge >= 0.3 is 5.97 Å². The van der Waals surface area contributed by atoms with Gasteiger partial charge in [0.25, 0.3) is 0 Å². The second kappa shape index (κ2) is 7.59. The molecule has 0 bridgehead atoms. The average molecular weight is 403 g/mol. The molecule has 0 saturated carbocycles. The molecular formula is C16H17BrClNO2S. The molecule has 0 N–H and O–H groups in total. The van der Waals surface area contributed by atoms with Crippen molar-refractivity contribution in [2.45, 2.75) is 19.0 Å². The number of thiophene rings is 1. The second-order valence-electron chi connectivity index (χ2n) is 5.04. The Morgan fingerprint density at radius 1 is 1.36 bits per heavy atom. The molecule has 3 rings (SSSR count). The zero-order valence-corrected chi connectivity index (χ0v) is 15.4. The number of ether oxygens (including phenoxy) is 1. The minimum Gasteiger partial charge on any atom is -0.468 e. The molecule has 0 saturated heterocycles. The molecule has 2 heterocycles. The number of nitrogens with zero attached hydrogens (tertiary/aromatic N) is 1. The van der Waals surface area contributed by atoms with E-state index >= 15 is 0 Å². The highest BCUT2D eigenvalue weighted by atomic mass is 79.9. The number of hydrogen-bond donors (Lipinski definition) is 0. The Morgan fingerprint density at radius 3 is 2.86 bits per heavy atom. The number of carbonyl (C=O) groups excluding carboxylic acids is 1. The first kappa shape index (κ1) is 17.5. The fraction of sp³-hybridized carbons (Fsp3) is 0.312. The third-order valence-electron chi connectivity index (χ3n) is 3.84. The highest BCUT2D eigenvalue weighted by molar-refractivity contribution is 8.93. The van der Waals surface area contributed by atoms with Crippen LogP contribution in [0, 0.1) is 0 Å². The maximum absolute atomic E-state index is 12.3. The Balaban J connectivity index is 0.00000176. The molecular weight excluding hydrogens is 386 g/mol. The van der Waals surface area contributed by atoms with Crippen molar-refractivity contribution in [3.63, 3.8) is 0 Å². The summed E-state index contributed by atoms with van der Waals surface area (Å²) in [5.74, 6) is -0.261. The third kappa shape index (κ3) is 3.38. The predicted octanol–water partition coefficient (Wildman–Crippen LogP) is 4.25. The number of fused-ring (bicyclic) bond motifs is 1. The van der Waals surface area contributed by atoms with Gasteiger partial charge in [-0.15, -0.1) is 28.3 Å². The van der Waals surface area contributed by atoms with Crippen LogP contribution in [0.4, 0.5) is 0 Å². The number of rotatable bonds is 3. The van der Waals surface area contributed by atoms with Crippen molar-refractivity contribution in [2.75, 3.05) is 13.7 Å². The number of benzene rings is 1. The molecule has 1 unspecified atom stereocenters. The topological polar surface area (TPSA) is 29.5 Å². The summed E-state index contributed by atoms with van der Waals surface area (Å²) in [6.07, 6.45) is 0.955. The van der Waals surface area contributed by atoms with Crippen LogP contribution in [0.2, 0.25) is 5.02 Å². The second-order valence-corrected chi connectivity index (χ2v) is 6.44. The SMILES string of the molecule is Br.COC(=O)C(c1ccccc1Cl)N1CCc2ccsc2C1. The largest absolute Gasteiger partial charge is 0.468 e. The maximum Gasteiger partial charge on any atom is 0.327 e. The lowest BCUT2D eigenvalue weighted by atomic mass is 10.0. The van der Waals surface area contributed by atoms with Gasteiger partial charge in [0.2, 0.25) is 0 Å². The molecule has 2 aromatic rings.